The molecule has 4 rings (SSSR count). The number of methoxy groups -OCH3 is 1. The van der Waals surface area contributed by atoms with Crippen LogP contribution in [0, 0.1) is 13.8 Å². The molecule has 3 aromatic carbocycles. The third-order valence-electron chi connectivity index (χ3n) is 5.20. The van der Waals surface area contributed by atoms with Crippen molar-refractivity contribution in [3.63, 3.8) is 0 Å². The predicted octanol–water partition coefficient (Wildman–Crippen LogP) is 4.65. The first kappa shape index (κ1) is 20.0. The van der Waals surface area contributed by atoms with Crippen LogP contribution in [0.2, 0.25) is 0 Å². The summed E-state index contributed by atoms with van der Waals surface area (Å²) in [5.41, 5.74) is 3.68. The molecular formula is C23H22N2O4S. The third-order valence-corrected chi connectivity index (χ3v) is 6.95. The maximum absolute atomic E-state index is 13.5. The molecule has 0 aliphatic carbocycles. The minimum atomic E-state index is -4.07. The summed E-state index contributed by atoms with van der Waals surface area (Å²) in [6.07, 6.45) is 0. The first-order chi connectivity index (χ1) is 14.3. The van der Waals surface area contributed by atoms with Gasteiger partial charge < -0.3 is 4.74 Å². The number of aryl methyl sites for hydroxylation is 2. The number of carbonyl (C=O) groups is 1. The SMILES string of the molecule is COc1cccc(N2C(=O)N(Cc3cc(C)ccc3C)c3ccccc3S2(=O)=O)c1. The van der Waals surface area contributed by atoms with Crippen molar-refractivity contribution < 1.29 is 17.9 Å². The zero-order valence-corrected chi connectivity index (χ0v) is 17.8. The molecule has 154 valence electrons. The maximum atomic E-state index is 13.5. The van der Waals surface area contributed by atoms with Crippen LogP contribution in [-0.2, 0) is 16.6 Å². The van der Waals surface area contributed by atoms with Gasteiger partial charge in [-0.3, -0.25) is 4.90 Å². The van der Waals surface area contributed by atoms with Gasteiger partial charge in [0.2, 0.25) is 0 Å². The van der Waals surface area contributed by atoms with Crippen LogP contribution in [0.5, 0.6) is 5.75 Å². The molecule has 0 fully saturated rings. The maximum Gasteiger partial charge on any atom is 0.343 e. The molecule has 2 amide bonds. The van der Waals surface area contributed by atoms with E-state index < -0.39 is 16.1 Å². The number of rotatable bonds is 4. The van der Waals surface area contributed by atoms with Crippen LogP contribution in [0.3, 0.4) is 0 Å². The minimum Gasteiger partial charge on any atom is -0.497 e. The fourth-order valence-electron chi connectivity index (χ4n) is 3.59. The number of sulfonamides is 1. The predicted molar refractivity (Wildman–Crippen MR) is 117 cm³/mol. The van der Waals surface area contributed by atoms with Crippen molar-refractivity contribution in [2.45, 2.75) is 25.3 Å². The van der Waals surface area contributed by atoms with Crippen molar-refractivity contribution in [3.8, 4) is 5.75 Å². The number of hydrogen-bond acceptors (Lipinski definition) is 4. The number of amides is 2. The number of carbonyl (C=O) groups excluding carboxylic acids is 1. The summed E-state index contributed by atoms with van der Waals surface area (Å²) in [6.45, 7) is 4.23. The molecule has 1 aliphatic rings. The first-order valence-corrected chi connectivity index (χ1v) is 10.9. The zero-order chi connectivity index (χ0) is 21.5. The van der Waals surface area contributed by atoms with E-state index in [2.05, 4.69) is 0 Å². The molecule has 1 aliphatic heterocycles. The van der Waals surface area contributed by atoms with Gasteiger partial charge in [0, 0.05) is 6.07 Å². The van der Waals surface area contributed by atoms with E-state index in [4.69, 9.17) is 4.74 Å². The summed E-state index contributed by atoms with van der Waals surface area (Å²) < 4.78 is 32.8. The highest BCUT2D eigenvalue weighted by Crippen LogP contribution is 2.38. The number of benzene rings is 3. The molecule has 30 heavy (non-hydrogen) atoms. The van der Waals surface area contributed by atoms with Crippen LogP contribution < -0.4 is 13.9 Å². The van der Waals surface area contributed by atoms with Crippen molar-refractivity contribution in [3.05, 3.63) is 83.4 Å². The Hall–Kier alpha value is -3.32. The Labute approximate surface area is 176 Å². The Bertz CT molecular complexity index is 1240. The van der Waals surface area contributed by atoms with E-state index in [9.17, 15) is 13.2 Å². The highest BCUT2D eigenvalue weighted by Gasteiger charge is 2.42. The largest absolute Gasteiger partial charge is 0.497 e. The standard InChI is InChI=1S/C23H22N2O4S/c1-16-11-12-17(2)18(13-16)15-24-21-9-4-5-10-22(21)30(27,28)25(23(24)26)19-7-6-8-20(14-19)29-3/h4-14H,15H2,1-3H3. The fourth-order valence-corrected chi connectivity index (χ4v) is 5.18. The zero-order valence-electron chi connectivity index (χ0n) is 17.0. The van der Waals surface area contributed by atoms with Crippen molar-refractivity contribution in [1.82, 2.24) is 0 Å². The number of para-hydroxylation sites is 1. The second kappa shape index (κ2) is 7.50. The van der Waals surface area contributed by atoms with Crippen LogP contribution in [-0.4, -0.2) is 21.6 Å². The number of nitrogens with zero attached hydrogens (tertiary/aromatic N) is 2. The Morgan fingerprint density at radius 2 is 1.70 bits per heavy atom. The van der Waals surface area contributed by atoms with E-state index in [1.54, 1.807) is 42.5 Å². The summed E-state index contributed by atoms with van der Waals surface area (Å²) in [7, 11) is -2.57. The lowest BCUT2D eigenvalue weighted by molar-refractivity contribution is 0.253. The molecule has 0 spiro atoms. The van der Waals surface area contributed by atoms with E-state index >= 15 is 0 Å². The average molecular weight is 423 g/mol. The Morgan fingerprint density at radius 1 is 0.933 bits per heavy atom. The highest BCUT2D eigenvalue weighted by atomic mass is 32.2. The molecule has 7 heteroatoms. The van der Waals surface area contributed by atoms with Gasteiger partial charge in [-0.1, -0.05) is 42.0 Å². The average Bonchev–Trinajstić information content (AvgIpc) is 2.73. The van der Waals surface area contributed by atoms with Gasteiger partial charge in [-0.2, -0.15) is 4.31 Å². The number of urea groups is 1. The van der Waals surface area contributed by atoms with Gasteiger partial charge in [0.25, 0.3) is 10.0 Å². The van der Waals surface area contributed by atoms with Crippen molar-refractivity contribution in [1.29, 1.82) is 0 Å². The van der Waals surface area contributed by atoms with Gasteiger partial charge in [0.05, 0.1) is 25.0 Å². The van der Waals surface area contributed by atoms with Crippen LogP contribution >= 0.6 is 0 Å². The van der Waals surface area contributed by atoms with E-state index in [1.165, 1.54) is 18.1 Å². The number of anilines is 2. The van der Waals surface area contributed by atoms with Crippen LogP contribution in [0.25, 0.3) is 0 Å². The van der Waals surface area contributed by atoms with Gasteiger partial charge in [0.15, 0.2) is 0 Å². The Kier molecular flexibility index (Phi) is 4.99. The van der Waals surface area contributed by atoms with E-state index in [1.807, 2.05) is 32.0 Å². The van der Waals surface area contributed by atoms with Crippen LogP contribution in [0.1, 0.15) is 16.7 Å². The molecule has 0 unspecified atom stereocenters. The molecule has 1 heterocycles. The molecule has 0 bridgehead atoms. The van der Waals surface area contributed by atoms with Gasteiger partial charge in [-0.25, -0.2) is 13.2 Å². The van der Waals surface area contributed by atoms with E-state index in [0.717, 1.165) is 21.0 Å². The lowest BCUT2D eigenvalue weighted by Crippen LogP contribution is -2.50. The Morgan fingerprint density at radius 3 is 2.47 bits per heavy atom. The van der Waals surface area contributed by atoms with Crippen LogP contribution in [0.4, 0.5) is 16.2 Å². The van der Waals surface area contributed by atoms with Gasteiger partial charge in [0.1, 0.15) is 10.6 Å². The summed E-state index contributed by atoms with van der Waals surface area (Å²) in [4.78, 5) is 15.1. The molecule has 0 atom stereocenters. The topological polar surface area (TPSA) is 66.9 Å². The van der Waals surface area contributed by atoms with Crippen LogP contribution in [0.15, 0.2) is 71.6 Å². The van der Waals surface area contributed by atoms with E-state index in [-0.39, 0.29) is 17.1 Å². The summed E-state index contributed by atoms with van der Waals surface area (Å²) in [6, 6.07) is 18.5. The number of fused-ring (bicyclic) bond motifs is 1. The minimum absolute atomic E-state index is 0.0951. The van der Waals surface area contributed by atoms with Gasteiger partial charge in [-0.15, -0.1) is 0 Å². The molecule has 0 aromatic heterocycles. The highest BCUT2D eigenvalue weighted by molar-refractivity contribution is 7.94. The third kappa shape index (κ3) is 3.31. The summed E-state index contributed by atoms with van der Waals surface area (Å²) in [5.74, 6) is 0.468. The second-order valence-electron chi connectivity index (χ2n) is 7.24. The monoisotopic (exact) mass is 422 g/mol. The lowest BCUT2D eigenvalue weighted by atomic mass is 10.0. The number of hydrogen-bond donors (Lipinski definition) is 0. The smallest absolute Gasteiger partial charge is 0.343 e. The van der Waals surface area contributed by atoms with Gasteiger partial charge in [-0.05, 0) is 49.2 Å². The summed E-state index contributed by atoms with van der Waals surface area (Å²) >= 11 is 0. The molecule has 0 N–H and O–H groups in total. The molecule has 3 aromatic rings. The normalized spacial score (nSPS) is 15.1. The van der Waals surface area contributed by atoms with Crippen molar-refractivity contribution in [2.75, 3.05) is 16.3 Å². The number of ether oxygens (including phenoxy) is 1. The molecule has 6 nitrogen and oxygen atoms in total. The fraction of sp³-hybridized carbons (Fsp3) is 0.174. The quantitative estimate of drug-likeness (QED) is 0.614. The Balaban J connectivity index is 1.88. The first-order valence-electron chi connectivity index (χ1n) is 9.49. The van der Waals surface area contributed by atoms with Crippen molar-refractivity contribution in [2.24, 2.45) is 0 Å². The second-order valence-corrected chi connectivity index (χ2v) is 8.99. The molecule has 0 radical (unpaired) electrons. The lowest BCUT2D eigenvalue weighted by Gasteiger charge is -2.36. The van der Waals surface area contributed by atoms with Gasteiger partial charge >= 0.3 is 6.03 Å². The van der Waals surface area contributed by atoms with Crippen molar-refractivity contribution >= 4 is 27.4 Å². The molecule has 0 saturated heterocycles. The molecular weight excluding hydrogens is 400 g/mol. The molecule has 0 saturated carbocycles. The summed E-state index contributed by atoms with van der Waals surface area (Å²) in [5, 5.41) is 0. The van der Waals surface area contributed by atoms with E-state index in [0.29, 0.717) is 11.4 Å².